The van der Waals surface area contributed by atoms with Crippen LogP contribution in [0.5, 0.6) is 11.5 Å². The molecule has 4 nitrogen and oxygen atoms in total. The first-order valence-corrected chi connectivity index (χ1v) is 8.78. The van der Waals surface area contributed by atoms with E-state index < -0.39 is 0 Å². The van der Waals surface area contributed by atoms with E-state index in [4.69, 9.17) is 9.47 Å². The van der Waals surface area contributed by atoms with Gasteiger partial charge in [-0.05, 0) is 53.3 Å². The van der Waals surface area contributed by atoms with Crippen LogP contribution in [0.4, 0.5) is 0 Å². The predicted octanol–water partition coefficient (Wildman–Crippen LogP) is 4.53. The lowest BCUT2D eigenvalue weighted by molar-refractivity contribution is 0.282. The average molecular weight is 466 g/mol. The van der Waals surface area contributed by atoms with Crippen molar-refractivity contribution in [3.05, 3.63) is 58.1 Å². The zero-order valence-electron chi connectivity index (χ0n) is 15.3. The van der Waals surface area contributed by atoms with Gasteiger partial charge in [0.05, 0.1) is 11.6 Å². The van der Waals surface area contributed by atoms with Crippen LogP contribution in [-0.4, -0.2) is 39.2 Å². The van der Waals surface area contributed by atoms with Crippen LogP contribution in [0.25, 0.3) is 0 Å². The van der Waals surface area contributed by atoms with Crippen LogP contribution in [0.15, 0.2) is 46.9 Å². The van der Waals surface area contributed by atoms with E-state index in [1.54, 1.807) is 7.11 Å². The fourth-order valence-corrected chi connectivity index (χ4v) is 2.88. The highest BCUT2D eigenvalue weighted by Gasteiger charge is 2.12. The Morgan fingerprint density at radius 1 is 1.04 bits per heavy atom. The van der Waals surface area contributed by atoms with Gasteiger partial charge in [0.2, 0.25) is 0 Å². The molecule has 2 aromatic carbocycles. The average Bonchev–Trinajstić information content (AvgIpc) is 2.58. The number of halogens is 3. The van der Waals surface area contributed by atoms with E-state index >= 15 is 0 Å². The Morgan fingerprint density at radius 2 is 1.73 bits per heavy atom. The zero-order chi connectivity index (χ0) is 17.4. The van der Waals surface area contributed by atoms with Gasteiger partial charge in [-0.1, -0.05) is 30.3 Å². The van der Waals surface area contributed by atoms with Crippen LogP contribution < -0.4 is 14.8 Å². The molecule has 1 N–H and O–H groups in total. The van der Waals surface area contributed by atoms with Crippen molar-refractivity contribution in [1.82, 2.24) is 10.2 Å². The van der Waals surface area contributed by atoms with Crippen LogP contribution in [0.2, 0.25) is 0 Å². The van der Waals surface area contributed by atoms with Crippen LogP contribution in [0, 0.1) is 0 Å². The molecule has 0 aliphatic heterocycles. The number of benzene rings is 2. The van der Waals surface area contributed by atoms with Crippen molar-refractivity contribution in [3.63, 3.8) is 0 Å². The molecule has 0 saturated heterocycles. The standard InChI is InChI=1S/C19H25BrN2O2.2ClH/c1-22(2)10-9-21-13-16-11-17(20)19(18(12-16)23-3)24-14-15-7-5-4-6-8-15;;/h4-8,11-12,21H,9-10,13-14H2,1-3H3;2*1H. The van der Waals surface area contributed by atoms with Gasteiger partial charge in [0, 0.05) is 19.6 Å². The molecule has 2 rings (SSSR count). The summed E-state index contributed by atoms with van der Waals surface area (Å²) in [6, 6.07) is 14.2. The number of likely N-dealkylation sites (N-methyl/N-ethyl adjacent to an activating group) is 1. The Morgan fingerprint density at radius 3 is 2.35 bits per heavy atom. The summed E-state index contributed by atoms with van der Waals surface area (Å²) < 4.78 is 12.4. The molecule has 0 atom stereocenters. The second-order valence-corrected chi connectivity index (χ2v) is 6.72. The minimum absolute atomic E-state index is 0. The molecule has 0 saturated carbocycles. The highest BCUT2D eigenvalue weighted by Crippen LogP contribution is 2.37. The van der Waals surface area contributed by atoms with Crippen LogP contribution >= 0.6 is 40.7 Å². The van der Waals surface area contributed by atoms with Crippen molar-refractivity contribution in [1.29, 1.82) is 0 Å². The summed E-state index contributed by atoms with van der Waals surface area (Å²) in [5.74, 6) is 1.48. The van der Waals surface area contributed by atoms with Crippen molar-refractivity contribution < 1.29 is 9.47 Å². The van der Waals surface area contributed by atoms with Gasteiger partial charge in [0.25, 0.3) is 0 Å². The summed E-state index contributed by atoms with van der Waals surface area (Å²) in [6.07, 6.45) is 0. The Bertz CT molecular complexity index is 643. The van der Waals surface area contributed by atoms with Gasteiger partial charge in [-0.3, -0.25) is 0 Å². The third-order valence-corrected chi connectivity index (χ3v) is 4.17. The number of methoxy groups -OCH3 is 1. The van der Waals surface area contributed by atoms with Crippen molar-refractivity contribution in [3.8, 4) is 11.5 Å². The molecular weight excluding hydrogens is 439 g/mol. The fraction of sp³-hybridized carbons (Fsp3) is 0.368. The third kappa shape index (κ3) is 8.14. The molecule has 0 spiro atoms. The number of rotatable bonds is 9. The number of ether oxygens (including phenoxy) is 2. The van der Waals surface area contributed by atoms with E-state index in [-0.39, 0.29) is 24.8 Å². The first-order chi connectivity index (χ1) is 11.6. The second-order valence-electron chi connectivity index (χ2n) is 5.86. The lowest BCUT2D eigenvalue weighted by Crippen LogP contribution is -2.26. The summed E-state index contributed by atoms with van der Waals surface area (Å²) in [7, 11) is 5.81. The fourth-order valence-electron chi connectivity index (χ4n) is 2.28. The third-order valence-electron chi connectivity index (χ3n) is 3.58. The molecule has 0 radical (unpaired) electrons. The molecular formula is C19H27BrCl2N2O2. The summed E-state index contributed by atoms with van der Waals surface area (Å²) >= 11 is 3.60. The highest BCUT2D eigenvalue weighted by atomic mass is 79.9. The zero-order valence-corrected chi connectivity index (χ0v) is 18.5. The van der Waals surface area contributed by atoms with Gasteiger partial charge in [-0.2, -0.15) is 0 Å². The molecule has 0 bridgehead atoms. The molecule has 146 valence electrons. The minimum atomic E-state index is 0. The summed E-state index contributed by atoms with van der Waals surface area (Å²) in [4.78, 5) is 2.16. The normalized spacial score (nSPS) is 10.0. The van der Waals surface area contributed by atoms with Gasteiger partial charge in [-0.15, -0.1) is 24.8 Å². The Hall–Kier alpha value is -0.980. The Kier molecular flexibility index (Phi) is 12.7. The molecule has 0 heterocycles. The molecule has 0 aliphatic carbocycles. The molecule has 0 aromatic heterocycles. The van der Waals surface area contributed by atoms with Crippen LogP contribution in [0.1, 0.15) is 11.1 Å². The maximum atomic E-state index is 5.96. The SMILES string of the molecule is COc1cc(CNCCN(C)C)cc(Br)c1OCc1ccccc1.Cl.Cl. The van der Waals surface area contributed by atoms with Gasteiger partial charge in [0.15, 0.2) is 11.5 Å². The molecule has 0 unspecified atom stereocenters. The van der Waals surface area contributed by atoms with E-state index in [9.17, 15) is 0 Å². The predicted molar refractivity (Wildman–Crippen MR) is 116 cm³/mol. The van der Waals surface area contributed by atoms with Gasteiger partial charge in [-0.25, -0.2) is 0 Å². The first kappa shape index (κ1) is 25.0. The van der Waals surface area contributed by atoms with Crippen molar-refractivity contribution in [2.75, 3.05) is 34.3 Å². The molecule has 26 heavy (non-hydrogen) atoms. The first-order valence-electron chi connectivity index (χ1n) is 7.98. The quantitative estimate of drug-likeness (QED) is 0.551. The maximum absolute atomic E-state index is 5.96. The van der Waals surface area contributed by atoms with Crippen LogP contribution in [-0.2, 0) is 13.2 Å². The number of hydrogen-bond donors (Lipinski definition) is 1. The van der Waals surface area contributed by atoms with Crippen LogP contribution in [0.3, 0.4) is 0 Å². The van der Waals surface area contributed by atoms with E-state index in [0.29, 0.717) is 6.61 Å². The number of nitrogens with one attached hydrogen (secondary N) is 1. The molecule has 0 amide bonds. The Labute approximate surface area is 177 Å². The van der Waals surface area contributed by atoms with Crippen molar-refractivity contribution in [2.45, 2.75) is 13.2 Å². The molecule has 7 heteroatoms. The summed E-state index contributed by atoms with van der Waals surface area (Å²) in [5.41, 5.74) is 2.28. The monoisotopic (exact) mass is 464 g/mol. The van der Waals surface area contributed by atoms with E-state index in [0.717, 1.165) is 46.7 Å². The highest BCUT2D eigenvalue weighted by molar-refractivity contribution is 9.10. The summed E-state index contributed by atoms with van der Waals surface area (Å²) in [5, 5.41) is 3.43. The van der Waals surface area contributed by atoms with Gasteiger partial charge < -0.3 is 19.7 Å². The van der Waals surface area contributed by atoms with Gasteiger partial charge >= 0.3 is 0 Å². The van der Waals surface area contributed by atoms with Gasteiger partial charge in [0.1, 0.15) is 6.61 Å². The molecule has 2 aromatic rings. The van der Waals surface area contributed by atoms with Crippen molar-refractivity contribution in [2.24, 2.45) is 0 Å². The molecule has 0 fully saturated rings. The Balaban J connectivity index is 0.00000312. The topological polar surface area (TPSA) is 33.7 Å². The van der Waals surface area contributed by atoms with Crippen molar-refractivity contribution >= 4 is 40.7 Å². The van der Waals surface area contributed by atoms with E-state index in [2.05, 4.69) is 46.3 Å². The second kappa shape index (κ2) is 13.2. The summed E-state index contributed by atoms with van der Waals surface area (Å²) in [6.45, 7) is 3.26. The van der Waals surface area contributed by atoms with E-state index in [1.165, 1.54) is 0 Å². The lowest BCUT2D eigenvalue weighted by atomic mass is 10.2. The largest absolute Gasteiger partial charge is 0.493 e. The minimum Gasteiger partial charge on any atom is -0.493 e. The number of hydrogen-bond acceptors (Lipinski definition) is 4. The smallest absolute Gasteiger partial charge is 0.175 e. The maximum Gasteiger partial charge on any atom is 0.175 e. The lowest BCUT2D eigenvalue weighted by Gasteiger charge is -2.15. The number of nitrogens with zero attached hydrogens (tertiary/aromatic N) is 1. The van der Waals surface area contributed by atoms with E-state index in [1.807, 2.05) is 36.4 Å². The molecule has 0 aliphatic rings.